The van der Waals surface area contributed by atoms with E-state index in [9.17, 15) is 12.8 Å². The molecule has 0 fully saturated rings. The monoisotopic (exact) mass is 502 g/mol. The summed E-state index contributed by atoms with van der Waals surface area (Å²) in [7, 11) is -3.42. The van der Waals surface area contributed by atoms with Crippen LogP contribution in [0.3, 0.4) is 0 Å². The molecule has 6 rings (SSSR count). The van der Waals surface area contributed by atoms with Gasteiger partial charge in [-0.1, -0.05) is 0 Å². The van der Waals surface area contributed by atoms with E-state index < -0.39 is 15.8 Å². The number of hydrogen-bond acceptors (Lipinski definition) is 6. The Kier molecular flexibility index (Phi) is 5.12. The first kappa shape index (κ1) is 22.1. The minimum atomic E-state index is -3.42. The van der Waals surface area contributed by atoms with E-state index in [0.717, 1.165) is 45.0 Å². The Morgan fingerprint density at radius 3 is 2.64 bits per heavy atom. The Morgan fingerprint density at radius 2 is 1.83 bits per heavy atom. The van der Waals surface area contributed by atoms with Gasteiger partial charge in [-0.3, -0.25) is 20.2 Å². The molecule has 12 heteroatoms. The molecule has 0 saturated carbocycles. The van der Waals surface area contributed by atoms with Gasteiger partial charge in [0, 0.05) is 46.4 Å². The normalized spacial score (nSPS) is 12.1. The van der Waals surface area contributed by atoms with E-state index in [1.54, 1.807) is 30.9 Å². The number of benzene rings is 1. The predicted octanol–water partition coefficient (Wildman–Crippen LogP) is 3.75. The van der Waals surface area contributed by atoms with Gasteiger partial charge in [0.05, 0.1) is 41.2 Å². The maximum atomic E-state index is 14.5. The number of sulfonamides is 1. The maximum Gasteiger partial charge on any atom is 0.209 e. The van der Waals surface area contributed by atoms with Gasteiger partial charge in [0.25, 0.3) is 0 Å². The third-order valence-corrected chi connectivity index (χ3v) is 6.48. The Bertz CT molecular complexity index is 1840. The molecular weight excluding hydrogens is 483 g/mol. The summed E-state index contributed by atoms with van der Waals surface area (Å²) in [6, 6.07) is 10.1. The van der Waals surface area contributed by atoms with Gasteiger partial charge in [0.15, 0.2) is 0 Å². The van der Waals surface area contributed by atoms with Crippen LogP contribution >= 0.6 is 0 Å². The second-order valence-corrected chi connectivity index (χ2v) is 10.3. The van der Waals surface area contributed by atoms with Gasteiger partial charge in [-0.15, -0.1) is 0 Å². The van der Waals surface area contributed by atoms with Crippen LogP contribution in [0, 0.1) is 5.82 Å². The molecule has 0 spiro atoms. The average Bonchev–Trinajstić information content (AvgIpc) is 3.60. The van der Waals surface area contributed by atoms with Crippen LogP contribution in [-0.4, -0.2) is 50.0 Å². The number of pyridine rings is 2. The number of halogens is 1. The number of nitrogens with zero attached hydrogens (tertiary/aromatic N) is 4. The highest BCUT2D eigenvalue weighted by atomic mass is 32.2. The van der Waals surface area contributed by atoms with Gasteiger partial charge in [-0.2, -0.15) is 10.2 Å². The van der Waals surface area contributed by atoms with Crippen LogP contribution in [0.25, 0.3) is 55.7 Å². The maximum absolute atomic E-state index is 14.5. The van der Waals surface area contributed by atoms with E-state index in [-0.39, 0.29) is 6.54 Å². The fourth-order valence-electron chi connectivity index (χ4n) is 4.19. The number of H-pyrrole nitrogens is 3. The number of rotatable bonds is 6. The summed E-state index contributed by atoms with van der Waals surface area (Å²) in [5.74, 6) is -0.482. The van der Waals surface area contributed by atoms with Crippen molar-refractivity contribution in [3.8, 4) is 33.9 Å². The van der Waals surface area contributed by atoms with Gasteiger partial charge < -0.3 is 4.98 Å². The molecule has 5 aromatic heterocycles. The lowest BCUT2D eigenvalue weighted by Crippen LogP contribution is -2.21. The summed E-state index contributed by atoms with van der Waals surface area (Å²) < 4.78 is 39.8. The molecule has 0 bridgehead atoms. The van der Waals surface area contributed by atoms with Crippen molar-refractivity contribution in [2.24, 2.45) is 0 Å². The minimum absolute atomic E-state index is 0.0236. The van der Waals surface area contributed by atoms with Crippen LogP contribution in [0.2, 0.25) is 0 Å². The fourth-order valence-corrected chi connectivity index (χ4v) is 4.61. The molecule has 0 atom stereocenters. The summed E-state index contributed by atoms with van der Waals surface area (Å²) in [5, 5.41) is 15.9. The van der Waals surface area contributed by atoms with E-state index in [2.05, 4.69) is 40.1 Å². The second-order valence-electron chi connectivity index (χ2n) is 8.42. The van der Waals surface area contributed by atoms with Crippen molar-refractivity contribution in [2.75, 3.05) is 6.26 Å². The van der Waals surface area contributed by atoms with E-state index in [0.29, 0.717) is 22.5 Å². The highest BCUT2D eigenvalue weighted by Crippen LogP contribution is 2.34. The lowest BCUT2D eigenvalue weighted by Gasteiger charge is -2.07. The first-order chi connectivity index (χ1) is 17.3. The van der Waals surface area contributed by atoms with Crippen molar-refractivity contribution < 1.29 is 12.8 Å². The molecule has 0 radical (unpaired) electrons. The topological polar surface area (TPSA) is 145 Å². The molecule has 180 valence electrons. The summed E-state index contributed by atoms with van der Waals surface area (Å²) in [6.45, 7) is -0.0236. The smallest absolute Gasteiger partial charge is 0.209 e. The van der Waals surface area contributed by atoms with Gasteiger partial charge in [-0.25, -0.2) is 17.5 Å². The number of aromatic nitrogens is 7. The fraction of sp³-hybridized carbons (Fsp3) is 0.0833. The Balaban J connectivity index is 1.44. The molecular formula is C24H19FN8O2S. The van der Waals surface area contributed by atoms with Gasteiger partial charge in [-0.05, 0) is 42.0 Å². The summed E-state index contributed by atoms with van der Waals surface area (Å²) >= 11 is 0. The van der Waals surface area contributed by atoms with E-state index in [4.69, 9.17) is 0 Å². The molecule has 0 amide bonds. The highest BCUT2D eigenvalue weighted by molar-refractivity contribution is 7.88. The van der Waals surface area contributed by atoms with Crippen LogP contribution in [0.5, 0.6) is 0 Å². The van der Waals surface area contributed by atoms with Crippen molar-refractivity contribution in [1.29, 1.82) is 0 Å². The number of hydrogen-bond donors (Lipinski definition) is 4. The zero-order chi connectivity index (χ0) is 24.9. The third kappa shape index (κ3) is 4.12. The van der Waals surface area contributed by atoms with Gasteiger partial charge in [0.1, 0.15) is 11.5 Å². The summed E-state index contributed by atoms with van der Waals surface area (Å²) in [5.41, 5.74) is 6.25. The molecule has 0 aliphatic rings. The van der Waals surface area contributed by atoms with Crippen LogP contribution in [0.4, 0.5) is 4.39 Å². The Labute approximate surface area is 204 Å². The number of nitrogens with one attached hydrogen (secondary N) is 4. The highest BCUT2D eigenvalue weighted by Gasteiger charge is 2.16. The number of aromatic amines is 3. The molecule has 4 N–H and O–H groups in total. The molecule has 10 nitrogen and oxygen atoms in total. The van der Waals surface area contributed by atoms with E-state index >= 15 is 0 Å². The standard InChI is InChI=1S/C24H19FN8O2S/c1-36(34,35)30-9-13-4-14(6-16(25)5-13)23-17-8-21(31-19(17)2-3-26-23)24-18-7-20(15-10-28-29-11-15)27-12-22(18)32-33-24/h2-8,10-12,30-31H,9H2,1H3,(H,28,29)(H,32,33). The van der Waals surface area contributed by atoms with Crippen LogP contribution < -0.4 is 4.72 Å². The molecule has 6 aromatic rings. The first-order valence-electron chi connectivity index (χ1n) is 10.9. The number of fused-ring (bicyclic) bond motifs is 2. The molecule has 36 heavy (non-hydrogen) atoms. The first-order valence-corrected chi connectivity index (χ1v) is 12.8. The summed E-state index contributed by atoms with van der Waals surface area (Å²) in [6.07, 6.45) is 7.90. The third-order valence-electron chi connectivity index (χ3n) is 5.81. The molecule has 0 aliphatic carbocycles. The molecule has 0 unspecified atom stereocenters. The van der Waals surface area contributed by atoms with Crippen molar-refractivity contribution in [1.82, 2.24) is 40.1 Å². The Morgan fingerprint density at radius 1 is 0.972 bits per heavy atom. The Hall–Kier alpha value is -4.42. The lowest BCUT2D eigenvalue weighted by molar-refractivity contribution is 0.586. The van der Waals surface area contributed by atoms with E-state index in [1.165, 1.54) is 12.1 Å². The van der Waals surface area contributed by atoms with Gasteiger partial charge >= 0.3 is 0 Å². The van der Waals surface area contributed by atoms with Crippen LogP contribution in [-0.2, 0) is 16.6 Å². The quantitative estimate of drug-likeness (QED) is 0.273. The largest absolute Gasteiger partial charge is 0.353 e. The molecule has 0 saturated heterocycles. The van der Waals surface area contributed by atoms with Crippen molar-refractivity contribution in [2.45, 2.75) is 6.54 Å². The molecule has 0 aliphatic heterocycles. The predicted molar refractivity (Wildman–Crippen MR) is 134 cm³/mol. The van der Waals surface area contributed by atoms with Crippen LogP contribution in [0.15, 0.2) is 61.2 Å². The van der Waals surface area contributed by atoms with Crippen LogP contribution in [0.1, 0.15) is 5.56 Å². The molecule has 5 heterocycles. The average molecular weight is 503 g/mol. The van der Waals surface area contributed by atoms with Gasteiger partial charge in [0.2, 0.25) is 10.0 Å². The lowest BCUT2D eigenvalue weighted by atomic mass is 10.0. The zero-order valence-corrected chi connectivity index (χ0v) is 19.7. The second kappa shape index (κ2) is 8.36. The molecule has 1 aromatic carbocycles. The van der Waals surface area contributed by atoms with Crippen molar-refractivity contribution in [3.05, 3.63) is 72.6 Å². The van der Waals surface area contributed by atoms with E-state index in [1.807, 2.05) is 18.2 Å². The SMILES string of the molecule is CS(=O)(=O)NCc1cc(F)cc(-c2nccc3[nH]c(-c4n[nH]c5cnc(-c6cn[nH]c6)cc45)cc23)c1. The summed E-state index contributed by atoms with van der Waals surface area (Å²) in [4.78, 5) is 12.4. The minimum Gasteiger partial charge on any atom is -0.353 e. The van der Waals surface area contributed by atoms with Crippen molar-refractivity contribution in [3.63, 3.8) is 0 Å². The zero-order valence-electron chi connectivity index (χ0n) is 18.9. The van der Waals surface area contributed by atoms with Crippen molar-refractivity contribution >= 4 is 31.8 Å².